The van der Waals surface area contributed by atoms with Crippen molar-refractivity contribution in [1.29, 1.82) is 0 Å². The van der Waals surface area contributed by atoms with E-state index in [-0.39, 0.29) is 31.4 Å². The summed E-state index contributed by atoms with van der Waals surface area (Å²) in [4.78, 5) is 54.1. The summed E-state index contributed by atoms with van der Waals surface area (Å²) in [5.41, 5.74) is -0.292. The van der Waals surface area contributed by atoms with Gasteiger partial charge in [-0.2, -0.15) is 0 Å². The second-order valence-electron chi connectivity index (χ2n) is 9.16. The third-order valence-corrected chi connectivity index (χ3v) is 5.53. The highest BCUT2D eigenvalue weighted by molar-refractivity contribution is 5.99. The first kappa shape index (κ1) is 24.3. The molecule has 33 heavy (non-hydrogen) atoms. The van der Waals surface area contributed by atoms with Crippen molar-refractivity contribution in [1.82, 2.24) is 20.4 Å². The fraction of sp³-hybridized carbons (Fsp3) is 0.565. The molecule has 10 heteroatoms. The van der Waals surface area contributed by atoms with Gasteiger partial charge in [0, 0.05) is 25.2 Å². The maximum absolute atomic E-state index is 13.3. The number of ether oxygens (including phenoxy) is 2. The molecule has 0 aliphatic carbocycles. The van der Waals surface area contributed by atoms with Crippen LogP contribution in [-0.4, -0.2) is 84.6 Å². The van der Waals surface area contributed by atoms with E-state index >= 15 is 0 Å². The number of benzene rings is 1. The number of methoxy groups -OCH3 is 1. The zero-order valence-electron chi connectivity index (χ0n) is 19.6. The molecule has 1 aromatic rings. The molecule has 2 N–H and O–H groups in total. The zero-order chi connectivity index (χ0) is 24.2. The van der Waals surface area contributed by atoms with E-state index in [0.717, 1.165) is 6.42 Å². The Morgan fingerprint density at radius 1 is 1.12 bits per heavy atom. The minimum atomic E-state index is -0.962. The lowest BCUT2D eigenvalue weighted by atomic mass is 10.0. The molecule has 2 atom stereocenters. The highest BCUT2D eigenvalue weighted by Crippen LogP contribution is 2.20. The number of carbonyl (C=O) groups is 4. The van der Waals surface area contributed by atoms with Crippen LogP contribution in [0.4, 0.5) is 4.79 Å². The van der Waals surface area contributed by atoms with Crippen molar-refractivity contribution in [2.45, 2.75) is 51.3 Å². The summed E-state index contributed by atoms with van der Waals surface area (Å²) in [7, 11) is 1.54. The van der Waals surface area contributed by atoms with Gasteiger partial charge in [0.25, 0.3) is 5.91 Å². The van der Waals surface area contributed by atoms with Gasteiger partial charge in [0.1, 0.15) is 23.4 Å². The van der Waals surface area contributed by atoms with Crippen molar-refractivity contribution in [3.63, 3.8) is 0 Å². The largest absolute Gasteiger partial charge is 0.497 e. The highest BCUT2D eigenvalue weighted by Gasteiger charge is 2.40. The van der Waals surface area contributed by atoms with Crippen LogP contribution in [0.3, 0.4) is 0 Å². The van der Waals surface area contributed by atoms with Gasteiger partial charge in [-0.25, -0.2) is 4.79 Å². The van der Waals surface area contributed by atoms with Crippen molar-refractivity contribution in [3.8, 4) is 5.75 Å². The molecule has 2 aliphatic rings. The number of nitrogens with zero attached hydrogens (tertiary/aromatic N) is 2. The molecular formula is C23H32N4O6. The lowest BCUT2D eigenvalue weighted by Gasteiger charge is -2.41. The third-order valence-electron chi connectivity index (χ3n) is 5.53. The molecule has 0 spiro atoms. The number of hydrogen-bond donors (Lipinski definition) is 2. The number of rotatable bonds is 4. The van der Waals surface area contributed by atoms with Gasteiger partial charge >= 0.3 is 6.09 Å². The van der Waals surface area contributed by atoms with E-state index in [2.05, 4.69) is 10.6 Å². The lowest BCUT2D eigenvalue weighted by molar-refractivity contribution is -0.133. The molecule has 2 aliphatic heterocycles. The standard InChI is InChI=1S/C23H32N4O6/c1-23(2,3)33-22(31)26-12-13-27(21(30)15-7-9-16(32-4)10-8-15)18(14-26)20(29)25-17-6-5-11-24-19(17)28/h7-10,17-18H,5-6,11-14H2,1-4H3,(H,24,28)(H,25,29)/t17-,18?/m0/s1. The first-order valence-electron chi connectivity index (χ1n) is 11.1. The van der Waals surface area contributed by atoms with Crippen LogP contribution in [0.5, 0.6) is 5.75 Å². The van der Waals surface area contributed by atoms with Crippen LogP contribution < -0.4 is 15.4 Å². The van der Waals surface area contributed by atoms with Crippen molar-refractivity contribution in [3.05, 3.63) is 29.8 Å². The molecule has 4 amide bonds. The van der Waals surface area contributed by atoms with E-state index < -0.39 is 29.7 Å². The van der Waals surface area contributed by atoms with E-state index in [1.165, 1.54) is 16.9 Å². The summed E-state index contributed by atoms with van der Waals surface area (Å²) in [6.45, 7) is 6.21. The Bertz CT molecular complexity index is 895. The Labute approximate surface area is 193 Å². The smallest absolute Gasteiger partial charge is 0.410 e. The highest BCUT2D eigenvalue weighted by atomic mass is 16.6. The van der Waals surface area contributed by atoms with Crippen LogP contribution in [0.2, 0.25) is 0 Å². The van der Waals surface area contributed by atoms with Crippen LogP contribution in [-0.2, 0) is 14.3 Å². The average Bonchev–Trinajstić information content (AvgIpc) is 2.78. The maximum Gasteiger partial charge on any atom is 0.410 e. The fourth-order valence-corrected chi connectivity index (χ4v) is 3.82. The predicted octanol–water partition coefficient (Wildman–Crippen LogP) is 1.15. The molecule has 2 saturated heterocycles. The number of hydrogen-bond acceptors (Lipinski definition) is 6. The van der Waals surface area contributed by atoms with Crippen LogP contribution in [0.1, 0.15) is 44.0 Å². The summed E-state index contributed by atoms with van der Waals surface area (Å²) in [5, 5.41) is 5.49. The summed E-state index contributed by atoms with van der Waals surface area (Å²) >= 11 is 0. The summed E-state index contributed by atoms with van der Waals surface area (Å²) < 4.78 is 10.6. The number of carbonyl (C=O) groups excluding carboxylic acids is 4. The number of piperazine rings is 1. The van der Waals surface area contributed by atoms with Crippen LogP contribution >= 0.6 is 0 Å². The number of amides is 4. The molecule has 2 fully saturated rings. The topological polar surface area (TPSA) is 117 Å². The van der Waals surface area contributed by atoms with E-state index in [0.29, 0.717) is 24.3 Å². The Morgan fingerprint density at radius 3 is 2.42 bits per heavy atom. The first-order chi connectivity index (χ1) is 15.6. The second kappa shape index (κ2) is 10.1. The minimum absolute atomic E-state index is 0.0308. The van der Waals surface area contributed by atoms with Gasteiger partial charge in [-0.15, -0.1) is 0 Å². The van der Waals surface area contributed by atoms with Gasteiger partial charge in [0.2, 0.25) is 11.8 Å². The minimum Gasteiger partial charge on any atom is -0.497 e. The van der Waals surface area contributed by atoms with Crippen molar-refractivity contribution >= 4 is 23.8 Å². The molecule has 0 bridgehead atoms. The van der Waals surface area contributed by atoms with Gasteiger partial charge in [0.15, 0.2) is 0 Å². The fourth-order valence-electron chi connectivity index (χ4n) is 3.82. The number of piperidine rings is 1. The number of nitrogens with one attached hydrogen (secondary N) is 2. The van der Waals surface area contributed by atoms with Gasteiger partial charge in [-0.1, -0.05) is 0 Å². The van der Waals surface area contributed by atoms with Gasteiger partial charge in [0.05, 0.1) is 13.7 Å². The van der Waals surface area contributed by atoms with E-state index in [1.54, 1.807) is 45.0 Å². The summed E-state index contributed by atoms with van der Waals surface area (Å²) in [6, 6.07) is 4.98. The van der Waals surface area contributed by atoms with E-state index in [1.807, 2.05) is 0 Å². The first-order valence-corrected chi connectivity index (χ1v) is 11.1. The van der Waals surface area contributed by atoms with Crippen molar-refractivity contribution < 1.29 is 28.7 Å². The molecule has 10 nitrogen and oxygen atoms in total. The lowest BCUT2D eigenvalue weighted by Crippen LogP contribution is -2.63. The van der Waals surface area contributed by atoms with Crippen LogP contribution in [0.25, 0.3) is 0 Å². The average molecular weight is 461 g/mol. The van der Waals surface area contributed by atoms with E-state index in [9.17, 15) is 19.2 Å². The van der Waals surface area contributed by atoms with E-state index in [4.69, 9.17) is 9.47 Å². The molecule has 2 heterocycles. The van der Waals surface area contributed by atoms with Crippen LogP contribution in [0.15, 0.2) is 24.3 Å². The van der Waals surface area contributed by atoms with Crippen molar-refractivity contribution in [2.75, 3.05) is 33.3 Å². The summed E-state index contributed by atoms with van der Waals surface area (Å²) in [6.07, 6.45) is 0.721. The SMILES string of the molecule is COc1ccc(C(=O)N2CCN(C(=O)OC(C)(C)C)CC2C(=O)N[C@H]2CCCNC2=O)cc1. The van der Waals surface area contributed by atoms with Crippen LogP contribution in [0, 0.1) is 0 Å². The normalized spacial score (nSPS) is 21.2. The Balaban J connectivity index is 1.80. The van der Waals surface area contributed by atoms with Gasteiger partial charge < -0.3 is 29.9 Å². The quantitative estimate of drug-likeness (QED) is 0.696. The molecular weight excluding hydrogens is 428 g/mol. The van der Waals surface area contributed by atoms with Crippen molar-refractivity contribution in [2.24, 2.45) is 0 Å². The molecule has 0 saturated carbocycles. The molecule has 3 rings (SSSR count). The molecule has 180 valence electrons. The zero-order valence-corrected chi connectivity index (χ0v) is 19.6. The third kappa shape index (κ3) is 6.15. The molecule has 0 aromatic heterocycles. The van der Waals surface area contributed by atoms with Gasteiger partial charge in [-0.3, -0.25) is 14.4 Å². The monoisotopic (exact) mass is 460 g/mol. The van der Waals surface area contributed by atoms with Gasteiger partial charge in [-0.05, 0) is 57.9 Å². The second-order valence-corrected chi connectivity index (χ2v) is 9.16. The Kier molecular flexibility index (Phi) is 7.45. The molecule has 1 unspecified atom stereocenters. The maximum atomic E-state index is 13.3. The molecule has 0 radical (unpaired) electrons. The molecule has 1 aromatic carbocycles. The Morgan fingerprint density at radius 2 is 1.82 bits per heavy atom. The summed E-state index contributed by atoms with van der Waals surface area (Å²) in [5.74, 6) is -0.455. The Hall–Kier alpha value is -3.30. The predicted molar refractivity (Wildman–Crippen MR) is 120 cm³/mol.